The lowest BCUT2D eigenvalue weighted by molar-refractivity contribution is 0.175. The Morgan fingerprint density at radius 1 is 1.12 bits per heavy atom. The van der Waals surface area contributed by atoms with E-state index in [4.69, 9.17) is 0 Å². The van der Waals surface area contributed by atoms with Crippen molar-refractivity contribution in [2.24, 2.45) is 17.8 Å². The molecule has 0 bridgehead atoms. The van der Waals surface area contributed by atoms with Gasteiger partial charge in [-0.25, -0.2) is 0 Å². The first-order valence-corrected chi connectivity index (χ1v) is 7.43. The summed E-state index contributed by atoms with van der Waals surface area (Å²) in [4.78, 5) is 2.52. The van der Waals surface area contributed by atoms with Crippen molar-refractivity contribution >= 4 is 0 Å². The Balaban J connectivity index is 2.25. The third kappa shape index (κ3) is 4.97. The van der Waals surface area contributed by atoms with Crippen LogP contribution in [0, 0.1) is 17.8 Å². The van der Waals surface area contributed by atoms with E-state index in [0.29, 0.717) is 0 Å². The van der Waals surface area contributed by atoms with Crippen LogP contribution in [0.3, 0.4) is 0 Å². The molecule has 0 saturated carbocycles. The van der Waals surface area contributed by atoms with Crippen LogP contribution in [0.25, 0.3) is 0 Å². The van der Waals surface area contributed by atoms with Gasteiger partial charge in [-0.1, -0.05) is 34.1 Å². The molecule has 1 aliphatic rings. The van der Waals surface area contributed by atoms with Crippen molar-refractivity contribution in [2.45, 2.75) is 53.0 Å². The fourth-order valence-electron chi connectivity index (χ4n) is 3.06. The second kappa shape index (κ2) is 7.38. The minimum atomic E-state index is 0.767. The van der Waals surface area contributed by atoms with E-state index in [2.05, 4.69) is 45.0 Å². The second-order valence-electron chi connectivity index (χ2n) is 6.44. The highest BCUT2D eigenvalue weighted by Crippen LogP contribution is 2.20. The van der Waals surface area contributed by atoms with E-state index < -0.39 is 0 Å². The molecule has 0 radical (unpaired) electrons. The molecule has 1 N–H and O–H groups in total. The van der Waals surface area contributed by atoms with Gasteiger partial charge in [0.2, 0.25) is 0 Å². The summed E-state index contributed by atoms with van der Waals surface area (Å²) in [6.45, 7) is 13.0. The van der Waals surface area contributed by atoms with Crippen LogP contribution in [0.15, 0.2) is 0 Å². The molecule has 1 aliphatic heterocycles. The zero-order chi connectivity index (χ0) is 12.8. The van der Waals surface area contributed by atoms with Crippen LogP contribution < -0.4 is 5.32 Å². The van der Waals surface area contributed by atoms with Crippen LogP contribution >= 0.6 is 0 Å². The van der Waals surface area contributed by atoms with Crippen molar-refractivity contribution in [2.75, 3.05) is 26.7 Å². The van der Waals surface area contributed by atoms with Crippen molar-refractivity contribution in [1.29, 1.82) is 0 Å². The lowest BCUT2D eigenvalue weighted by Crippen LogP contribution is -2.44. The van der Waals surface area contributed by atoms with E-state index in [0.717, 1.165) is 23.8 Å². The summed E-state index contributed by atoms with van der Waals surface area (Å²) < 4.78 is 0. The molecule has 1 fully saturated rings. The lowest BCUT2D eigenvalue weighted by atomic mass is 9.85. The molecule has 0 aromatic carbocycles. The monoisotopic (exact) mass is 240 g/mol. The number of likely N-dealkylation sites (tertiary alicyclic amines) is 1. The first-order valence-electron chi connectivity index (χ1n) is 7.43. The molecule has 2 heteroatoms. The molecule has 0 aliphatic carbocycles. The molecule has 0 amide bonds. The normalized spacial score (nSPS) is 22.9. The second-order valence-corrected chi connectivity index (χ2v) is 6.44. The van der Waals surface area contributed by atoms with Crippen molar-refractivity contribution in [3.8, 4) is 0 Å². The van der Waals surface area contributed by atoms with Crippen molar-refractivity contribution in [1.82, 2.24) is 10.2 Å². The fourth-order valence-corrected chi connectivity index (χ4v) is 3.06. The summed E-state index contributed by atoms with van der Waals surface area (Å²) in [5, 5.41) is 3.71. The van der Waals surface area contributed by atoms with E-state index in [1.54, 1.807) is 0 Å². The van der Waals surface area contributed by atoms with Gasteiger partial charge in [-0.05, 0) is 50.7 Å². The molecular weight excluding hydrogens is 208 g/mol. The number of nitrogens with one attached hydrogen (secondary N) is 1. The highest BCUT2D eigenvalue weighted by Gasteiger charge is 2.20. The Hall–Kier alpha value is -0.0800. The Morgan fingerprint density at radius 2 is 1.76 bits per heavy atom. The third-order valence-electron chi connectivity index (χ3n) is 4.39. The molecule has 1 rings (SSSR count). The van der Waals surface area contributed by atoms with Gasteiger partial charge in [-0.2, -0.15) is 0 Å². The number of piperidine rings is 1. The summed E-state index contributed by atoms with van der Waals surface area (Å²) in [7, 11) is 2.27. The first-order chi connectivity index (χ1) is 8.02. The number of hydrogen-bond acceptors (Lipinski definition) is 2. The molecule has 1 heterocycles. The van der Waals surface area contributed by atoms with E-state index in [1.165, 1.54) is 38.9 Å². The Labute approximate surface area is 108 Å². The maximum Gasteiger partial charge on any atom is 0.0217 e. The van der Waals surface area contributed by atoms with E-state index in [-0.39, 0.29) is 0 Å². The standard InChI is InChI=1S/C15H32N2/c1-12(2)15(13(3)4)11-16-10-14-8-6-7-9-17(14)5/h12-16H,6-11H2,1-5H3. The summed E-state index contributed by atoms with van der Waals surface area (Å²) in [6.07, 6.45) is 4.17. The predicted molar refractivity (Wildman–Crippen MR) is 76.3 cm³/mol. The Morgan fingerprint density at radius 3 is 2.29 bits per heavy atom. The summed E-state index contributed by atoms with van der Waals surface area (Å²) in [5.41, 5.74) is 0. The third-order valence-corrected chi connectivity index (χ3v) is 4.39. The molecule has 17 heavy (non-hydrogen) atoms. The van der Waals surface area contributed by atoms with Crippen LogP contribution in [0.2, 0.25) is 0 Å². The summed E-state index contributed by atoms with van der Waals surface area (Å²) in [5.74, 6) is 2.38. The fraction of sp³-hybridized carbons (Fsp3) is 1.00. The highest BCUT2D eigenvalue weighted by atomic mass is 15.2. The summed E-state index contributed by atoms with van der Waals surface area (Å²) >= 11 is 0. The van der Waals surface area contributed by atoms with Crippen LogP contribution in [0.5, 0.6) is 0 Å². The van der Waals surface area contributed by atoms with Gasteiger partial charge in [0.15, 0.2) is 0 Å². The molecule has 1 saturated heterocycles. The average Bonchev–Trinajstić information content (AvgIpc) is 2.25. The van der Waals surface area contributed by atoms with Crippen LogP contribution in [0.4, 0.5) is 0 Å². The van der Waals surface area contributed by atoms with E-state index >= 15 is 0 Å². The number of likely N-dealkylation sites (N-methyl/N-ethyl adjacent to an activating group) is 1. The van der Waals surface area contributed by atoms with Gasteiger partial charge in [0, 0.05) is 12.6 Å². The molecule has 2 nitrogen and oxygen atoms in total. The SMILES string of the molecule is CC(C)C(CNCC1CCCCN1C)C(C)C. The maximum absolute atomic E-state index is 3.71. The zero-order valence-electron chi connectivity index (χ0n) is 12.5. The molecule has 0 aromatic rings. The van der Waals surface area contributed by atoms with Crippen LogP contribution in [-0.2, 0) is 0 Å². The van der Waals surface area contributed by atoms with Gasteiger partial charge in [-0.15, -0.1) is 0 Å². The lowest BCUT2D eigenvalue weighted by Gasteiger charge is -2.33. The topological polar surface area (TPSA) is 15.3 Å². The smallest absolute Gasteiger partial charge is 0.0217 e. The molecule has 1 atom stereocenters. The van der Waals surface area contributed by atoms with Gasteiger partial charge in [0.05, 0.1) is 0 Å². The maximum atomic E-state index is 3.71. The summed E-state index contributed by atoms with van der Waals surface area (Å²) in [6, 6.07) is 0.767. The van der Waals surface area contributed by atoms with Crippen LogP contribution in [-0.4, -0.2) is 37.6 Å². The van der Waals surface area contributed by atoms with Crippen molar-refractivity contribution < 1.29 is 0 Å². The van der Waals surface area contributed by atoms with Crippen molar-refractivity contribution in [3.63, 3.8) is 0 Å². The van der Waals surface area contributed by atoms with Gasteiger partial charge in [-0.3, -0.25) is 0 Å². The molecule has 0 spiro atoms. The number of nitrogens with zero attached hydrogens (tertiary/aromatic N) is 1. The van der Waals surface area contributed by atoms with E-state index in [9.17, 15) is 0 Å². The van der Waals surface area contributed by atoms with Gasteiger partial charge in [0.25, 0.3) is 0 Å². The minimum absolute atomic E-state index is 0.767. The van der Waals surface area contributed by atoms with Gasteiger partial charge in [0.1, 0.15) is 0 Å². The predicted octanol–water partition coefficient (Wildman–Crippen LogP) is 2.99. The largest absolute Gasteiger partial charge is 0.315 e. The van der Waals surface area contributed by atoms with Gasteiger partial charge < -0.3 is 10.2 Å². The highest BCUT2D eigenvalue weighted by molar-refractivity contribution is 4.77. The number of rotatable bonds is 6. The Kier molecular flexibility index (Phi) is 6.50. The molecule has 0 aromatic heterocycles. The Bertz CT molecular complexity index is 193. The zero-order valence-corrected chi connectivity index (χ0v) is 12.5. The minimum Gasteiger partial charge on any atom is -0.315 e. The van der Waals surface area contributed by atoms with Crippen molar-refractivity contribution in [3.05, 3.63) is 0 Å². The van der Waals surface area contributed by atoms with E-state index in [1.807, 2.05) is 0 Å². The average molecular weight is 240 g/mol. The molecular formula is C15H32N2. The number of hydrogen-bond donors (Lipinski definition) is 1. The quantitative estimate of drug-likeness (QED) is 0.768. The van der Waals surface area contributed by atoms with Gasteiger partial charge >= 0.3 is 0 Å². The molecule has 1 unspecified atom stereocenters. The molecule has 102 valence electrons. The first kappa shape index (κ1) is 15.0. The van der Waals surface area contributed by atoms with Crippen LogP contribution in [0.1, 0.15) is 47.0 Å².